The molecule has 21 heavy (non-hydrogen) atoms. The Hall–Kier alpha value is -1.81. The van der Waals surface area contributed by atoms with Gasteiger partial charge in [-0.25, -0.2) is 0 Å². The third-order valence-corrected chi connectivity index (χ3v) is 4.30. The Balaban J connectivity index is 1.74. The van der Waals surface area contributed by atoms with Gasteiger partial charge in [-0.2, -0.15) is 0 Å². The van der Waals surface area contributed by atoms with Gasteiger partial charge in [0.25, 0.3) is 0 Å². The van der Waals surface area contributed by atoms with Crippen molar-refractivity contribution in [1.82, 2.24) is 9.47 Å². The molecule has 1 aliphatic heterocycles. The van der Waals surface area contributed by atoms with E-state index in [4.69, 9.17) is 0 Å². The van der Waals surface area contributed by atoms with E-state index in [-0.39, 0.29) is 18.1 Å². The highest BCUT2D eigenvalue weighted by Gasteiger charge is 2.29. The summed E-state index contributed by atoms with van der Waals surface area (Å²) < 4.78 is 2.01. The van der Waals surface area contributed by atoms with E-state index in [1.165, 1.54) is 0 Å². The Morgan fingerprint density at radius 3 is 3.00 bits per heavy atom. The fourth-order valence-corrected chi connectivity index (χ4v) is 3.32. The zero-order chi connectivity index (χ0) is 14.8. The fraction of sp³-hybridized carbons (Fsp3) is 0.471. The van der Waals surface area contributed by atoms with Gasteiger partial charge in [0, 0.05) is 24.3 Å². The SMILES string of the molecule is CC(O)CC1CCCN1C(=O)Cn1ccc2ccccc21. The van der Waals surface area contributed by atoms with Crippen LogP contribution in [0, 0.1) is 0 Å². The van der Waals surface area contributed by atoms with E-state index < -0.39 is 0 Å². The average Bonchev–Trinajstić information content (AvgIpc) is 3.06. The third-order valence-electron chi connectivity index (χ3n) is 4.30. The van der Waals surface area contributed by atoms with Crippen LogP contribution in [0.4, 0.5) is 0 Å². The van der Waals surface area contributed by atoms with Gasteiger partial charge in [0.2, 0.25) is 5.91 Å². The summed E-state index contributed by atoms with van der Waals surface area (Å²) in [7, 11) is 0. The standard InChI is InChI=1S/C17H22N2O2/c1-13(20)11-15-6-4-9-19(15)17(21)12-18-10-8-14-5-2-3-7-16(14)18/h2-3,5,7-8,10,13,15,20H,4,6,9,11-12H2,1H3. The largest absolute Gasteiger partial charge is 0.393 e. The minimum Gasteiger partial charge on any atom is -0.393 e. The molecule has 3 rings (SSSR count). The van der Waals surface area contributed by atoms with Gasteiger partial charge in [-0.1, -0.05) is 18.2 Å². The number of carbonyl (C=O) groups is 1. The Morgan fingerprint density at radius 2 is 2.19 bits per heavy atom. The number of rotatable bonds is 4. The predicted octanol–water partition coefficient (Wildman–Crippen LogP) is 2.40. The summed E-state index contributed by atoms with van der Waals surface area (Å²) in [5.41, 5.74) is 1.09. The molecule has 1 N–H and O–H groups in total. The molecule has 1 fully saturated rings. The van der Waals surface area contributed by atoms with Crippen LogP contribution in [0.1, 0.15) is 26.2 Å². The van der Waals surface area contributed by atoms with Gasteiger partial charge >= 0.3 is 0 Å². The van der Waals surface area contributed by atoms with Gasteiger partial charge < -0.3 is 14.6 Å². The molecule has 0 radical (unpaired) electrons. The minimum absolute atomic E-state index is 0.152. The number of aliphatic hydroxyl groups is 1. The second-order valence-corrected chi connectivity index (χ2v) is 5.97. The van der Waals surface area contributed by atoms with E-state index >= 15 is 0 Å². The maximum atomic E-state index is 12.6. The van der Waals surface area contributed by atoms with Gasteiger partial charge in [-0.15, -0.1) is 0 Å². The van der Waals surface area contributed by atoms with Crippen LogP contribution in [0.5, 0.6) is 0 Å². The topological polar surface area (TPSA) is 45.5 Å². The van der Waals surface area contributed by atoms with Crippen molar-refractivity contribution in [2.75, 3.05) is 6.54 Å². The highest BCUT2D eigenvalue weighted by atomic mass is 16.3. The van der Waals surface area contributed by atoms with Crippen molar-refractivity contribution in [3.8, 4) is 0 Å². The van der Waals surface area contributed by atoms with Crippen LogP contribution in [0.3, 0.4) is 0 Å². The number of hydrogen-bond donors (Lipinski definition) is 1. The quantitative estimate of drug-likeness (QED) is 0.938. The molecule has 1 aliphatic rings. The Bertz CT molecular complexity index is 633. The first kappa shape index (κ1) is 14.1. The normalized spacial score (nSPS) is 20.1. The molecule has 2 unspecified atom stereocenters. The fourth-order valence-electron chi connectivity index (χ4n) is 3.32. The molecule has 1 aromatic heterocycles. The van der Waals surface area contributed by atoms with Crippen molar-refractivity contribution in [1.29, 1.82) is 0 Å². The predicted molar refractivity (Wildman–Crippen MR) is 83.0 cm³/mol. The van der Waals surface area contributed by atoms with E-state index in [0.717, 1.165) is 30.3 Å². The van der Waals surface area contributed by atoms with E-state index in [2.05, 4.69) is 6.07 Å². The molecule has 0 aliphatic carbocycles. The zero-order valence-corrected chi connectivity index (χ0v) is 12.4. The van der Waals surface area contributed by atoms with Gasteiger partial charge in [-0.05, 0) is 43.7 Å². The molecule has 1 saturated heterocycles. The molecule has 0 spiro atoms. The maximum absolute atomic E-state index is 12.6. The lowest BCUT2D eigenvalue weighted by atomic mass is 10.1. The number of likely N-dealkylation sites (tertiary alicyclic amines) is 1. The molecule has 1 aromatic carbocycles. The molecular formula is C17H22N2O2. The van der Waals surface area contributed by atoms with E-state index in [1.807, 2.05) is 39.9 Å². The molecular weight excluding hydrogens is 264 g/mol. The van der Waals surface area contributed by atoms with Crippen molar-refractivity contribution in [2.24, 2.45) is 0 Å². The molecule has 1 amide bonds. The number of aliphatic hydroxyl groups excluding tert-OH is 1. The summed E-state index contributed by atoms with van der Waals surface area (Å²) in [6.07, 6.45) is 4.34. The van der Waals surface area contributed by atoms with Crippen molar-refractivity contribution in [3.05, 3.63) is 36.5 Å². The average molecular weight is 286 g/mol. The highest BCUT2D eigenvalue weighted by Crippen LogP contribution is 2.23. The zero-order valence-electron chi connectivity index (χ0n) is 12.4. The van der Waals surface area contributed by atoms with Crippen LogP contribution in [-0.4, -0.2) is 39.2 Å². The number of para-hydroxylation sites is 1. The lowest BCUT2D eigenvalue weighted by Gasteiger charge is -2.26. The summed E-state index contributed by atoms with van der Waals surface area (Å²) >= 11 is 0. The summed E-state index contributed by atoms with van der Waals surface area (Å²) in [6.45, 7) is 2.99. The highest BCUT2D eigenvalue weighted by molar-refractivity contribution is 5.83. The first-order valence-corrected chi connectivity index (χ1v) is 7.66. The van der Waals surface area contributed by atoms with Crippen LogP contribution in [0.15, 0.2) is 36.5 Å². The smallest absolute Gasteiger partial charge is 0.242 e. The van der Waals surface area contributed by atoms with Gasteiger partial charge in [0.15, 0.2) is 0 Å². The number of benzene rings is 1. The van der Waals surface area contributed by atoms with Crippen LogP contribution < -0.4 is 0 Å². The molecule has 0 bridgehead atoms. The number of nitrogens with zero attached hydrogens (tertiary/aromatic N) is 2. The minimum atomic E-state index is -0.351. The van der Waals surface area contributed by atoms with Crippen LogP contribution in [0.25, 0.3) is 10.9 Å². The summed E-state index contributed by atoms with van der Waals surface area (Å²) in [6, 6.07) is 10.3. The van der Waals surface area contributed by atoms with Crippen molar-refractivity contribution < 1.29 is 9.90 Å². The third kappa shape index (κ3) is 2.95. The number of fused-ring (bicyclic) bond motifs is 1. The molecule has 2 atom stereocenters. The van der Waals surface area contributed by atoms with E-state index in [0.29, 0.717) is 13.0 Å². The van der Waals surface area contributed by atoms with E-state index in [9.17, 15) is 9.90 Å². The first-order valence-electron chi connectivity index (χ1n) is 7.66. The lowest BCUT2D eigenvalue weighted by molar-refractivity contribution is -0.133. The molecule has 0 saturated carbocycles. The van der Waals surface area contributed by atoms with Crippen LogP contribution in [0.2, 0.25) is 0 Å². The van der Waals surface area contributed by atoms with Crippen LogP contribution >= 0.6 is 0 Å². The van der Waals surface area contributed by atoms with Crippen molar-refractivity contribution >= 4 is 16.8 Å². The Labute approximate surface area is 125 Å². The number of aromatic nitrogens is 1. The second kappa shape index (κ2) is 5.90. The lowest BCUT2D eigenvalue weighted by Crippen LogP contribution is -2.39. The maximum Gasteiger partial charge on any atom is 0.242 e. The number of carbonyl (C=O) groups excluding carboxylic acids is 1. The van der Waals surface area contributed by atoms with Crippen LogP contribution in [-0.2, 0) is 11.3 Å². The van der Waals surface area contributed by atoms with Gasteiger partial charge in [0.1, 0.15) is 6.54 Å². The number of hydrogen-bond acceptors (Lipinski definition) is 2. The first-order chi connectivity index (χ1) is 10.1. The Kier molecular flexibility index (Phi) is 3.97. The summed E-state index contributed by atoms with van der Waals surface area (Å²) in [4.78, 5) is 14.5. The van der Waals surface area contributed by atoms with Crippen molar-refractivity contribution in [3.63, 3.8) is 0 Å². The summed E-state index contributed by atoms with van der Waals surface area (Å²) in [5.74, 6) is 0.152. The van der Waals surface area contributed by atoms with Gasteiger partial charge in [-0.3, -0.25) is 4.79 Å². The number of amides is 1. The molecule has 2 heterocycles. The summed E-state index contributed by atoms with van der Waals surface area (Å²) in [5, 5.41) is 10.7. The molecule has 112 valence electrons. The monoisotopic (exact) mass is 286 g/mol. The van der Waals surface area contributed by atoms with Gasteiger partial charge in [0.05, 0.1) is 6.10 Å². The second-order valence-electron chi connectivity index (χ2n) is 5.97. The molecule has 2 aromatic rings. The molecule has 4 nitrogen and oxygen atoms in total. The Morgan fingerprint density at radius 1 is 1.38 bits per heavy atom. The van der Waals surface area contributed by atoms with E-state index in [1.54, 1.807) is 6.92 Å². The van der Waals surface area contributed by atoms with Crippen molar-refractivity contribution in [2.45, 2.75) is 44.9 Å². The molecule has 4 heteroatoms.